The second-order valence-corrected chi connectivity index (χ2v) is 5.01. The van der Waals surface area contributed by atoms with Gasteiger partial charge in [0.2, 0.25) is 0 Å². The van der Waals surface area contributed by atoms with Gasteiger partial charge < -0.3 is 5.11 Å². The monoisotopic (exact) mass is 154 g/mol. The second kappa shape index (κ2) is 2.01. The predicted molar refractivity (Wildman–Crippen MR) is 45.2 cm³/mol. The highest BCUT2D eigenvalue weighted by Crippen LogP contribution is 2.68. The summed E-state index contributed by atoms with van der Waals surface area (Å²) >= 11 is 0. The van der Waals surface area contributed by atoms with E-state index in [1.165, 1.54) is 12.8 Å². The van der Waals surface area contributed by atoms with Crippen LogP contribution in [-0.4, -0.2) is 11.2 Å². The summed E-state index contributed by atoms with van der Waals surface area (Å²) in [5, 5.41) is 9.36. The molecule has 2 aliphatic rings. The van der Waals surface area contributed by atoms with E-state index in [-0.39, 0.29) is 6.10 Å². The fourth-order valence-electron chi connectivity index (χ4n) is 2.94. The summed E-state index contributed by atoms with van der Waals surface area (Å²) in [6.45, 7) is 6.66. The maximum atomic E-state index is 9.36. The minimum atomic E-state index is -0.0707. The molecule has 0 aromatic heterocycles. The van der Waals surface area contributed by atoms with Crippen molar-refractivity contribution in [3.8, 4) is 0 Å². The van der Waals surface area contributed by atoms with E-state index in [2.05, 4.69) is 13.8 Å². The minimum Gasteiger partial charge on any atom is -0.393 e. The summed E-state index contributed by atoms with van der Waals surface area (Å²) in [5.74, 6) is 2.47. The molecular weight excluding hydrogens is 136 g/mol. The third-order valence-electron chi connectivity index (χ3n) is 4.08. The lowest BCUT2D eigenvalue weighted by Gasteiger charge is -2.19. The summed E-state index contributed by atoms with van der Waals surface area (Å²) < 4.78 is 0. The fraction of sp³-hybridized carbons (Fsp3) is 1.00. The smallest absolute Gasteiger partial charge is 0.0540 e. The second-order valence-electron chi connectivity index (χ2n) is 5.01. The van der Waals surface area contributed by atoms with Crippen LogP contribution in [0, 0.1) is 23.2 Å². The van der Waals surface area contributed by atoms with E-state index in [0.29, 0.717) is 11.3 Å². The number of rotatable bonds is 1. The van der Waals surface area contributed by atoms with Crippen molar-refractivity contribution in [3.05, 3.63) is 0 Å². The van der Waals surface area contributed by atoms with Gasteiger partial charge in [-0.05, 0) is 42.9 Å². The first-order chi connectivity index (χ1) is 5.03. The van der Waals surface area contributed by atoms with Gasteiger partial charge in [0.1, 0.15) is 0 Å². The van der Waals surface area contributed by atoms with Gasteiger partial charge in [-0.3, -0.25) is 0 Å². The summed E-state index contributed by atoms with van der Waals surface area (Å²) in [7, 11) is 0. The molecule has 2 fully saturated rings. The molecule has 11 heavy (non-hydrogen) atoms. The van der Waals surface area contributed by atoms with Gasteiger partial charge >= 0.3 is 0 Å². The van der Waals surface area contributed by atoms with Crippen molar-refractivity contribution in [2.75, 3.05) is 0 Å². The SMILES string of the molecule is CC(O)C1CC2C(C1)C2(C)C. The van der Waals surface area contributed by atoms with E-state index in [9.17, 15) is 5.11 Å². The summed E-state index contributed by atoms with van der Waals surface area (Å²) in [6.07, 6.45) is 2.48. The van der Waals surface area contributed by atoms with Crippen LogP contribution in [0.1, 0.15) is 33.6 Å². The molecule has 1 N–H and O–H groups in total. The lowest BCUT2D eigenvalue weighted by Crippen LogP contribution is -2.17. The Morgan fingerprint density at radius 3 is 2.09 bits per heavy atom. The van der Waals surface area contributed by atoms with Gasteiger partial charge in [0.05, 0.1) is 6.10 Å². The number of aliphatic hydroxyl groups is 1. The van der Waals surface area contributed by atoms with Crippen LogP contribution in [0.5, 0.6) is 0 Å². The first-order valence-corrected chi connectivity index (χ1v) is 4.71. The van der Waals surface area contributed by atoms with Crippen molar-refractivity contribution in [2.45, 2.75) is 39.7 Å². The summed E-state index contributed by atoms with van der Waals surface area (Å²) in [4.78, 5) is 0. The van der Waals surface area contributed by atoms with Gasteiger partial charge in [0.15, 0.2) is 0 Å². The maximum absolute atomic E-state index is 9.36. The molecule has 0 radical (unpaired) electrons. The highest BCUT2D eigenvalue weighted by molar-refractivity contribution is 5.10. The van der Waals surface area contributed by atoms with Crippen molar-refractivity contribution in [1.29, 1.82) is 0 Å². The first-order valence-electron chi connectivity index (χ1n) is 4.71. The number of fused-ring (bicyclic) bond motifs is 1. The molecule has 0 aromatic carbocycles. The van der Waals surface area contributed by atoms with E-state index >= 15 is 0 Å². The molecule has 2 rings (SSSR count). The van der Waals surface area contributed by atoms with Gasteiger partial charge in [-0.1, -0.05) is 13.8 Å². The Morgan fingerprint density at radius 1 is 1.27 bits per heavy atom. The largest absolute Gasteiger partial charge is 0.393 e. The van der Waals surface area contributed by atoms with E-state index in [4.69, 9.17) is 0 Å². The van der Waals surface area contributed by atoms with Crippen LogP contribution in [0.2, 0.25) is 0 Å². The molecule has 0 bridgehead atoms. The van der Waals surface area contributed by atoms with Crippen LogP contribution in [0.15, 0.2) is 0 Å². The highest BCUT2D eigenvalue weighted by Gasteiger charge is 2.62. The molecule has 0 saturated heterocycles. The first kappa shape index (κ1) is 7.60. The molecule has 3 unspecified atom stereocenters. The Hall–Kier alpha value is -0.0400. The van der Waals surface area contributed by atoms with Crippen molar-refractivity contribution in [2.24, 2.45) is 23.2 Å². The maximum Gasteiger partial charge on any atom is 0.0540 e. The topological polar surface area (TPSA) is 20.2 Å². The van der Waals surface area contributed by atoms with Crippen LogP contribution in [0.25, 0.3) is 0 Å². The molecule has 0 aromatic rings. The Bertz CT molecular complexity index is 158. The summed E-state index contributed by atoms with van der Waals surface area (Å²) in [6, 6.07) is 0. The molecule has 1 nitrogen and oxygen atoms in total. The average molecular weight is 154 g/mol. The zero-order chi connectivity index (χ0) is 8.22. The molecule has 3 atom stereocenters. The summed E-state index contributed by atoms with van der Waals surface area (Å²) in [5.41, 5.74) is 0.616. The quantitative estimate of drug-likeness (QED) is 0.613. The van der Waals surface area contributed by atoms with Gasteiger partial charge in [-0.25, -0.2) is 0 Å². The molecule has 0 spiro atoms. The van der Waals surface area contributed by atoms with E-state index < -0.39 is 0 Å². The van der Waals surface area contributed by atoms with Gasteiger partial charge in [0, 0.05) is 0 Å². The van der Waals surface area contributed by atoms with Crippen LogP contribution in [-0.2, 0) is 0 Å². The van der Waals surface area contributed by atoms with Gasteiger partial charge in [-0.15, -0.1) is 0 Å². The highest BCUT2D eigenvalue weighted by atomic mass is 16.3. The van der Waals surface area contributed by atoms with Crippen LogP contribution < -0.4 is 0 Å². The predicted octanol–water partition coefficient (Wildman–Crippen LogP) is 2.05. The third-order valence-corrected chi connectivity index (χ3v) is 4.08. The normalized spacial score (nSPS) is 48.5. The van der Waals surface area contributed by atoms with Crippen LogP contribution >= 0.6 is 0 Å². The molecule has 0 amide bonds. The Morgan fingerprint density at radius 2 is 1.73 bits per heavy atom. The zero-order valence-electron chi connectivity index (χ0n) is 7.67. The van der Waals surface area contributed by atoms with Crippen molar-refractivity contribution >= 4 is 0 Å². The zero-order valence-corrected chi connectivity index (χ0v) is 7.67. The lowest BCUT2D eigenvalue weighted by molar-refractivity contribution is 0.113. The number of hydrogen-bond acceptors (Lipinski definition) is 1. The number of hydrogen-bond donors (Lipinski definition) is 1. The lowest BCUT2D eigenvalue weighted by atomic mass is 9.90. The van der Waals surface area contributed by atoms with E-state index in [0.717, 1.165) is 11.8 Å². The molecule has 64 valence electrons. The fourth-order valence-corrected chi connectivity index (χ4v) is 2.94. The Balaban J connectivity index is 1.95. The molecular formula is C10H18O. The Kier molecular flexibility index (Phi) is 1.39. The minimum absolute atomic E-state index is 0.0707. The molecule has 2 aliphatic carbocycles. The molecule has 0 aliphatic heterocycles. The van der Waals surface area contributed by atoms with Crippen molar-refractivity contribution in [1.82, 2.24) is 0 Å². The molecule has 1 heteroatoms. The van der Waals surface area contributed by atoms with Crippen LogP contribution in [0.3, 0.4) is 0 Å². The standard InChI is InChI=1S/C10H18O/c1-6(11)7-4-8-9(5-7)10(8,2)3/h6-9,11H,4-5H2,1-3H3. The van der Waals surface area contributed by atoms with Crippen LogP contribution in [0.4, 0.5) is 0 Å². The molecule has 2 saturated carbocycles. The van der Waals surface area contributed by atoms with Crippen molar-refractivity contribution < 1.29 is 5.11 Å². The van der Waals surface area contributed by atoms with E-state index in [1.807, 2.05) is 6.92 Å². The van der Waals surface area contributed by atoms with Crippen molar-refractivity contribution in [3.63, 3.8) is 0 Å². The van der Waals surface area contributed by atoms with Gasteiger partial charge in [-0.2, -0.15) is 0 Å². The molecule has 0 heterocycles. The average Bonchev–Trinajstić information content (AvgIpc) is 2.28. The number of aliphatic hydroxyl groups excluding tert-OH is 1. The van der Waals surface area contributed by atoms with E-state index in [1.54, 1.807) is 0 Å². The third kappa shape index (κ3) is 0.936. The van der Waals surface area contributed by atoms with Gasteiger partial charge in [0.25, 0.3) is 0 Å². The Labute approximate surface area is 68.8 Å².